The lowest BCUT2D eigenvalue weighted by atomic mass is 9.86. The van der Waals surface area contributed by atoms with Gasteiger partial charge in [-0.3, -0.25) is 4.79 Å². The Kier molecular flexibility index (Phi) is 11.3. The van der Waals surface area contributed by atoms with Gasteiger partial charge in [0.15, 0.2) is 5.60 Å². The Balaban J connectivity index is 1.37. The predicted octanol–water partition coefficient (Wildman–Crippen LogP) is 8.13. The molecule has 0 bridgehead atoms. The number of benzene rings is 2. The highest BCUT2D eigenvalue weighted by molar-refractivity contribution is 5.91. The van der Waals surface area contributed by atoms with Crippen molar-refractivity contribution in [2.24, 2.45) is 23.7 Å². The highest BCUT2D eigenvalue weighted by Gasteiger charge is 2.45. The van der Waals surface area contributed by atoms with Gasteiger partial charge in [-0.15, -0.1) is 0 Å². The molecule has 3 atom stereocenters. The van der Waals surface area contributed by atoms with Crippen molar-refractivity contribution in [3.63, 3.8) is 0 Å². The molecule has 1 N–H and O–H groups in total. The molecule has 2 heterocycles. The summed E-state index contributed by atoms with van der Waals surface area (Å²) >= 11 is 0. The van der Waals surface area contributed by atoms with Crippen LogP contribution in [0, 0.1) is 42.4 Å². The summed E-state index contributed by atoms with van der Waals surface area (Å²) in [5.41, 5.74) is 3.03. The van der Waals surface area contributed by atoms with Crippen LogP contribution in [-0.2, 0) is 19.1 Å². The number of rotatable bonds is 12. The minimum absolute atomic E-state index is 0.201. The SMILES string of the molecule is Cc1ccc(C#Cc2ccc3oc([C@@H](C)[C@@H](C)C(=O)OC[C@]4(CO)C/C(=C\CC(CC(C)C)CC(C)C)C(=O)O4)cc3c2)cc1. The highest BCUT2D eigenvalue weighted by Crippen LogP contribution is 2.35. The Hall–Kier alpha value is -3.82. The van der Waals surface area contributed by atoms with Gasteiger partial charge in [-0.1, -0.05) is 77.2 Å². The molecule has 0 saturated carbocycles. The number of furan rings is 1. The van der Waals surface area contributed by atoms with Crippen LogP contribution in [0.4, 0.5) is 0 Å². The predicted molar refractivity (Wildman–Crippen MR) is 178 cm³/mol. The maximum atomic E-state index is 13.1. The third-order valence-electron chi connectivity index (χ3n) is 8.67. The van der Waals surface area contributed by atoms with Crippen LogP contribution in [0.1, 0.15) is 95.6 Å². The lowest BCUT2D eigenvalue weighted by Crippen LogP contribution is -2.40. The minimum Gasteiger partial charge on any atom is -0.461 e. The monoisotopic (exact) mass is 612 g/mol. The van der Waals surface area contributed by atoms with E-state index in [2.05, 4.69) is 39.5 Å². The number of allylic oxidation sites excluding steroid dienone is 1. The van der Waals surface area contributed by atoms with Gasteiger partial charge >= 0.3 is 11.9 Å². The van der Waals surface area contributed by atoms with E-state index in [0.717, 1.165) is 41.4 Å². The number of aliphatic hydroxyl groups excluding tert-OH is 1. The van der Waals surface area contributed by atoms with Crippen molar-refractivity contribution in [3.8, 4) is 11.8 Å². The number of carbonyl (C=O) groups excluding carboxylic acids is 2. The maximum Gasteiger partial charge on any atom is 0.334 e. The molecule has 0 amide bonds. The number of cyclic esters (lactones) is 1. The van der Waals surface area contributed by atoms with E-state index in [1.165, 1.54) is 5.56 Å². The number of hydrogen-bond donors (Lipinski definition) is 1. The summed E-state index contributed by atoms with van der Waals surface area (Å²) in [6.45, 7) is 14.0. The second-order valence-corrected chi connectivity index (χ2v) is 13.7. The Morgan fingerprint density at radius 1 is 0.978 bits per heavy atom. The fourth-order valence-electron chi connectivity index (χ4n) is 5.95. The first-order chi connectivity index (χ1) is 21.4. The minimum atomic E-state index is -1.26. The summed E-state index contributed by atoms with van der Waals surface area (Å²) in [4.78, 5) is 25.9. The number of carbonyl (C=O) groups is 2. The molecule has 1 aromatic heterocycles. The summed E-state index contributed by atoms with van der Waals surface area (Å²) in [7, 11) is 0. The van der Waals surface area contributed by atoms with Crippen LogP contribution in [0.25, 0.3) is 11.0 Å². The van der Waals surface area contributed by atoms with E-state index >= 15 is 0 Å². The number of fused-ring (bicyclic) bond motifs is 1. The van der Waals surface area contributed by atoms with Crippen molar-refractivity contribution in [3.05, 3.63) is 82.6 Å². The number of hydrogen-bond acceptors (Lipinski definition) is 6. The largest absolute Gasteiger partial charge is 0.461 e. The van der Waals surface area contributed by atoms with Gasteiger partial charge in [0.2, 0.25) is 0 Å². The fraction of sp³-hybridized carbons (Fsp3) is 0.487. The molecule has 6 heteroatoms. The Bertz CT molecular complexity index is 1550. The molecular weight excluding hydrogens is 564 g/mol. The fourth-order valence-corrected chi connectivity index (χ4v) is 5.95. The van der Waals surface area contributed by atoms with Gasteiger partial charge in [0.25, 0.3) is 0 Å². The number of aliphatic hydroxyl groups is 1. The molecule has 1 aliphatic heterocycles. The van der Waals surface area contributed by atoms with Crippen LogP contribution in [-0.4, -0.2) is 35.9 Å². The van der Waals surface area contributed by atoms with Crippen LogP contribution in [0.15, 0.2) is 64.6 Å². The van der Waals surface area contributed by atoms with E-state index in [0.29, 0.717) is 29.1 Å². The van der Waals surface area contributed by atoms with E-state index in [-0.39, 0.29) is 18.9 Å². The zero-order valence-electron chi connectivity index (χ0n) is 27.8. The Labute approximate surface area is 268 Å². The third kappa shape index (κ3) is 9.11. The standard InChI is InChI=1S/C39H48O6/c1-25(2)18-32(19-26(3)4)14-16-33-22-39(23-40,45-38(33)42)24-43-37(41)29(7)28(6)36-21-34-20-31(15-17-35(34)44-36)13-12-30-10-8-27(5)9-11-30/h8-11,15-17,20-21,25-26,28-29,32,40H,14,18-19,22-24H2,1-7H3/b33-16+/t28-,29+,39+/m0/s1. The molecule has 240 valence electrons. The molecule has 0 spiro atoms. The van der Waals surface area contributed by atoms with Crippen LogP contribution in [0.5, 0.6) is 0 Å². The number of aryl methyl sites for hydroxylation is 1. The number of ether oxygens (including phenoxy) is 2. The van der Waals surface area contributed by atoms with Gasteiger partial charge in [0, 0.05) is 34.4 Å². The van der Waals surface area contributed by atoms with Crippen molar-refractivity contribution < 1.29 is 28.6 Å². The molecule has 4 rings (SSSR count). The van der Waals surface area contributed by atoms with Crippen LogP contribution >= 0.6 is 0 Å². The Morgan fingerprint density at radius 2 is 1.62 bits per heavy atom. The average molecular weight is 613 g/mol. The van der Waals surface area contributed by atoms with Crippen LogP contribution in [0.2, 0.25) is 0 Å². The molecule has 1 aliphatic rings. The molecule has 0 unspecified atom stereocenters. The summed E-state index contributed by atoms with van der Waals surface area (Å²) in [5, 5.41) is 11.1. The molecule has 1 fully saturated rings. The molecule has 6 nitrogen and oxygen atoms in total. The third-order valence-corrected chi connectivity index (χ3v) is 8.67. The lowest BCUT2D eigenvalue weighted by molar-refractivity contribution is -0.168. The van der Waals surface area contributed by atoms with Crippen molar-refractivity contribution in [2.75, 3.05) is 13.2 Å². The van der Waals surface area contributed by atoms with Gasteiger partial charge in [-0.25, -0.2) is 4.79 Å². The average Bonchev–Trinajstić information content (AvgIpc) is 3.57. The normalized spacial score (nSPS) is 18.8. The first-order valence-electron chi connectivity index (χ1n) is 16.2. The van der Waals surface area contributed by atoms with Gasteiger partial charge in [0.05, 0.1) is 12.5 Å². The zero-order chi connectivity index (χ0) is 32.7. The van der Waals surface area contributed by atoms with Gasteiger partial charge in [-0.05, 0) is 80.3 Å². The van der Waals surface area contributed by atoms with E-state index in [4.69, 9.17) is 13.9 Å². The van der Waals surface area contributed by atoms with Crippen molar-refractivity contribution in [1.82, 2.24) is 0 Å². The summed E-state index contributed by atoms with van der Waals surface area (Å²) in [6.07, 6.45) is 5.14. The van der Waals surface area contributed by atoms with Gasteiger partial charge in [-0.2, -0.15) is 0 Å². The highest BCUT2D eigenvalue weighted by atomic mass is 16.6. The zero-order valence-corrected chi connectivity index (χ0v) is 27.8. The second-order valence-electron chi connectivity index (χ2n) is 13.7. The smallest absolute Gasteiger partial charge is 0.334 e. The first-order valence-corrected chi connectivity index (χ1v) is 16.2. The molecule has 1 saturated heterocycles. The first kappa shape index (κ1) is 34.1. The molecule has 45 heavy (non-hydrogen) atoms. The van der Waals surface area contributed by atoms with Gasteiger partial charge < -0.3 is 19.0 Å². The van der Waals surface area contributed by atoms with Crippen molar-refractivity contribution in [1.29, 1.82) is 0 Å². The molecule has 0 radical (unpaired) electrons. The van der Waals surface area contributed by atoms with E-state index in [1.54, 1.807) is 6.92 Å². The molecule has 2 aromatic carbocycles. The number of esters is 2. The Morgan fingerprint density at radius 3 is 2.27 bits per heavy atom. The van der Waals surface area contributed by atoms with Crippen LogP contribution < -0.4 is 0 Å². The molecule has 3 aromatic rings. The summed E-state index contributed by atoms with van der Waals surface area (Å²) < 4.78 is 17.4. The van der Waals surface area contributed by atoms with Gasteiger partial charge in [0.1, 0.15) is 18.0 Å². The topological polar surface area (TPSA) is 86.0 Å². The quantitative estimate of drug-likeness (QED) is 0.126. The molecule has 0 aliphatic carbocycles. The molecular formula is C39H48O6. The van der Waals surface area contributed by atoms with E-state index in [9.17, 15) is 14.7 Å². The van der Waals surface area contributed by atoms with Crippen LogP contribution in [0.3, 0.4) is 0 Å². The van der Waals surface area contributed by atoms with Crippen molar-refractivity contribution in [2.45, 2.75) is 85.7 Å². The summed E-state index contributed by atoms with van der Waals surface area (Å²) in [5.74, 6) is 7.03. The lowest BCUT2D eigenvalue weighted by Gasteiger charge is -2.25. The second kappa shape index (κ2) is 15.0. The van der Waals surface area contributed by atoms with E-state index < -0.39 is 30.1 Å². The van der Waals surface area contributed by atoms with E-state index in [1.807, 2.05) is 68.5 Å². The van der Waals surface area contributed by atoms with Crippen molar-refractivity contribution >= 4 is 22.9 Å². The summed E-state index contributed by atoms with van der Waals surface area (Å²) in [6, 6.07) is 15.8. The maximum absolute atomic E-state index is 13.1.